The molecule has 1 saturated carbocycles. The summed E-state index contributed by atoms with van der Waals surface area (Å²) in [6.07, 6.45) is 0.778. The van der Waals surface area contributed by atoms with Gasteiger partial charge in [0, 0.05) is 5.75 Å². The standard InChI is InChI=1S/C9H16O4S/c1-3-14(12,13)7-4-6(2)8(5-7)9(10)11/h6-8H,3-5H2,1-2H3,(H,10,11)/t6-,7+,8+/m0/s1. The third kappa shape index (κ3) is 2.08. The maximum atomic E-state index is 11.5. The predicted octanol–water partition coefficient (Wildman–Crippen LogP) is 0.920. The molecule has 14 heavy (non-hydrogen) atoms. The first-order valence-electron chi connectivity index (χ1n) is 4.82. The minimum atomic E-state index is -3.06. The fourth-order valence-electron chi connectivity index (χ4n) is 2.06. The Bertz CT molecular complexity index is 320. The highest BCUT2D eigenvalue weighted by Crippen LogP contribution is 2.35. The molecule has 1 fully saturated rings. The molecule has 82 valence electrons. The van der Waals surface area contributed by atoms with E-state index in [0.717, 1.165) is 0 Å². The predicted molar refractivity (Wildman–Crippen MR) is 52.8 cm³/mol. The summed E-state index contributed by atoms with van der Waals surface area (Å²) < 4.78 is 23.0. The van der Waals surface area contributed by atoms with Gasteiger partial charge in [-0.2, -0.15) is 0 Å². The van der Waals surface area contributed by atoms with Crippen molar-refractivity contribution >= 4 is 15.8 Å². The zero-order valence-electron chi connectivity index (χ0n) is 8.43. The van der Waals surface area contributed by atoms with Crippen LogP contribution in [0.2, 0.25) is 0 Å². The SMILES string of the molecule is CCS(=O)(=O)[C@@H]1C[C@H](C)[C@H](C(=O)O)C1. The molecule has 0 aromatic carbocycles. The average molecular weight is 220 g/mol. The molecule has 0 bridgehead atoms. The Labute approximate surface area is 84.2 Å². The van der Waals surface area contributed by atoms with Crippen molar-refractivity contribution in [2.24, 2.45) is 11.8 Å². The summed E-state index contributed by atoms with van der Waals surface area (Å²) in [7, 11) is -3.06. The first-order valence-corrected chi connectivity index (χ1v) is 6.54. The van der Waals surface area contributed by atoms with Crippen LogP contribution in [0.4, 0.5) is 0 Å². The summed E-state index contributed by atoms with van der Waals surface area (Å²) in [6, 6.07) is 0. The lowest BCUT2D eigenvalue weighted by Gasteiger charge is -2.08. The van der Waals surface area contributed by atoms with Gasteiger partial charge in [-0.15, -0.1) is 0 Å². The zero-order chi connectivity index (χ0) is 10.9. The Morgan fingerprint density at radius 2 is 2.00 bits per heavy atom. The first kappa shape index (κ1) is 11.5. The van der Waals surface area contributed by atoms with Crippen molar-refractivity contribution < 1.29 is 18.3 Å². The van der Waals surface area contributed by atoms with Crippen LogP contribution in [-0.4, -0.2) is 30.5 Å². The van der Waals surface area contributed by atoms with E-state index in [9.17, 15) is 13.2 Å². The van der Waals surface area contributed by atoms with Gasteiger partial charge in [-0.1, -0.05) is 13.8 Å². The van der Waals surface area contributed by atoms with E-state index in [-0.39, 0.29) is 18.1 Å². The van der Waals surface area contributed by atoms with Gasteiger partial charge in [-0.3, -0.25) is 4.79 Å². The van der Waals surface area contributed by atoms with E-state index < -0.39 is 27.0 Å². The van der Waals surface area contributed by atoms with Gasteiger partial charge in [0.2, 0.25) is 0 Å². The molecule has 0 amide bonds. The molecule has 5 heteroatoms. The second kappa shape index (κ2) is 3.88. The average Bonchev–Trinajstić information content (AvgIpc) is 2.48. The molecular formula is C9H16O4S. The van der Waals surface area contributed by atoms with Crippen LogP contribution in [0.25, 0.3) is 0 Å². The van der Waals surface area contributed by atoms with E-state index in [1.54, 1.807) is 6.92 Å². The molecule has 0 aromatic heterocycles. The van der Waals surface area contributed by atoms with Crippen molar-refractivity contribution in [2.45, 2.75) is 31.9 Å². The number of carboxylic acids is 1. The molecule has 1 aliphatic carbocycles. The quantitative estimate of drug-likeness (QED) is 0.767. The number of sulfone groups is 1. The molecule has 0 aliphatic heterocycles. The van der Waals surface area contributed by atoms with Crippen LogP contribution in [0, 0.1) is 11.8 Å². The third-order valence-corrected chi connectivity index (χ3v) is 5.27. The third-order valence-electron chi connectivity index (χ3n) is 3.07. The van der Waals surface area contributed by atoms with E-state index >= 15 is 0 Å². The van der Waals surface area contributed by atoms with Gasteiger partial charge in [-0.25, -0.2) is 8.42 Å². The molecule has 0 heterocycles. The summed E-state index contributed by atoms with van der Waals surface area (Å²) in [6.45, 7) is 3.41. The molecule has 3 atom stereocenters. The van der Waals surface area contributed by atoms with E-state index in [1.807, 2.05) is 6.92 Å². The van der Waals surface area contributed by atoms with Crippen LogP contribution in [0.3, 0.4) is 0 Å². The molecule has 1 N–H and O–H groups in total. The summed E-state index contributed by atoms with van der Waals surface area (Å²) in [5.41, 5.74) is 0. The molecule has 0 saturated heterocycles. The Balaban J connectivity index is 2.78. The van der Waals surface area contributed by atoms with Crippen molar-refractivity contribution in [3.05, 3.63) is 0 Å². The highest BCUT2D eigenvalue weighted by Gasteiger charge is 2.41. The van der Waals surface area contributed by atoms with Gasteiger partial charge in [0.05, 0.1) is 11.2 Å². The van der Waals surface area contributed by atoms with Crippen LogP contribution >= 0.6 is 0 Å². The summed E-state index contributed by atoms with van der Waals surface area (Å²) in [4.78, 5) is 10.8. The lowest BCUT2D eigenvalue weighted by Crippen LogP contribution is -2.21. The number of hydrogen-bond acceptors (Lipinski definition) is 3. The van der Waals surface area contributed by atoms with Gasteiger partial charge in [0.15, 0.2) is 9.84 Å². The maximum absolute atomic E-state index is 11.5. The van der Waals surface area contributed by atoms with Crippen LogP contribution in [-0.2, 0) is 14.6 Å². The van der Waals surface area contributed by atoms with Gasteiger partial charge in [0.1, 0.15) is 0 Å². The van der Waals surface area contributed by atoms with Crippen LogP contribution in [0.5, 0.6) is 0 Å². The van der Waals surface area contributed by atoms with Crippen molar-refractivity contribution in [1.82, 2.24) is 0 Å². The van der Waals surface area contributed by atoms with Gasteiger partial charge >= 0.3 is 5.97 Å². The van der Waals surface area contributed by atoms with Crippen molar-refractivity contribution in [1.29, 1.82) is 0 Å². The monoisotopic (exact) mass is 220 g/mol. The summed E-state index contributed by atoms with van der Waals surface area (Å²) >= 11 is 0. The lowest BCUT2D eigenvalue weighted by atomic mass is 9.99. The Kier molecular flexibility index (Phi) is 3.19. The number of aliphatic carboxylic acids is 1. The minimum absolute atomic E-state index is 0.0289. The first-order chi connectivity index (χ1) is 6.38. The number of rotatable bonds is 3. The van der Waals surface area contributed by atoms with E-state index in [0.29, 0.717) is 6.42 Å². The largest absolute Gasteiger partial charge is 0.481 e. The topological polar surface area (TPSA) is 71.4 Å². The fraction of sp³-hybridized carbons (Fsp3) is 0.889. The van der Waals surface area contributed by atoms with Crippen LogP contribution < -0.4 is 0 Å². The van der Waals surface area contributed by atoms with Crippen molar-refractivity contribution in [3.63, 3.8) is 0 Å². The molecule has 1 rings (SSSR count). The molecule has 4 nitrogen and oxygen atoms in total. The highest BCUT2D eigenvalue weighted by molar-refractivity contribution is 7.92. The normalized spacial score (nSPS) is 33.1. The number of carboxylic acid groups (broad SMARTS) is 1. The van der Waals surface area contributed by atoms with Gasteiger partial charge in [0.25, 0.3) is 0 Å². The van der Waals surface area contributed by atoms with E-state index in [2.05, 4.69) is 0 Å². The van der Waals surface area contributed by atoms with Crippen LogP contribution in [0.15, 0.2) is 0 Å². The minimum Gasteiger partial charge on any atom is -0.481 e. The Morgan fingerprint density at radius 1 is 1.43 bits per heavy atom. The van der Waals surface area contributed by atoms with Crippen LogP contribution in [0.1, 0.15) is 26.7 Å². The van der Waals surface area contributed by atoms with E-state index in [4.69, 9.17) is 5.11 Å². The van der Waals surface area contributed by atoms with E-state index in [1.165, 1.54) is 0 Å². The zero-order valence-corrected chi connectivity index (χ0v) is 9.25. The molecule has 0 spiro atoms. The Hall–Kier alpha value is -0.580. The second-order valence-corrected chi connectivity index (χ2v) is 6.54. The molecular weight excluding hydrogens is 204 g/mol. The summed E-state index contributed by atoms with van der Waals surface area (Å²) in [5.74, 6) is -1.28. The fourth-order valence-corrected chi connectivity index (χ4v) is 3.63. The lowest BCUT2D eigenvalue weighted by molar-refractivity contribution is -0.142. The molecule has 1 aliphatic rings. The number of hydrogen-bond donors (Lipinski definition) is 1. The molecule has 0 radical (unpaired) electrons. The second-order valence-electron chi connectivity index (χ2n) is 3.97. The summed E-state index contributed by atoms with van der Waals surface area (Å²) in [5, 5.41) is 8.40. The van der Waals surface area contributed by atoms with Gasteiger partial charge < -0.3 is 5.11 Å². The van der Waals surface area contributed by atoms with Crippen molar-refractivity contribution in [2.75, 3.05) is 5.75 Å². The highest BCUT2D eigenvalue weighted by atomic mass is 32.2. The maximum Gasteiger partial charge on any atom is 0.306 e. The molecule has 0 aromatic rings. The van der Waals surface area contributed by atoms with Gasteiger partial charge in [-0.05, 0) is 18.8 Å². The Morgan fingerprint density at radius 3 is 2.36 bits per heavy atom. The van der Waals surface area contributed by atoms with Crippen molar-refractivity contribution in [3.8, 4) is 0 Å². The molecule has 0 unspecified atom stereocenters. The number of carbonyl (C=O) groups is 1. The smallest absolute Gasteiger partial charge is 0.306 e.